The van der Waals surface area contributed by atoms with Crippen LogP contribution in [0.25, 0.3) is 0 Å². The van der Waals surface area contributed by atoms with Gasteiger partial charge in [-0.05, 0) is 25.2 Å². The summed E-state index contributed by atoms with van der Waals surface area (Å²) in [5.74, 6) is -0.765. The topological polar surface area (TPSA) is 77.1 Å². The van der Waals surface area contributed by atoms with E-state index in [0.717, 1.165) is 6.08 Å². The third kappa shape index (κ3) is 3.52. The van der Waals surface area contributed by atoms with Gasteiger partial charge in [0.25, 0.3) is 5.91 Å². The lowest BCUT2D eigenvalue weighted by molar-refractivity contribution is -0.113. The average molecular weight is 179 g/mol. The average Bonchev–Trinajstić information content (AvgIpc) is 2.00. The van der Waals surface area contributed by atoms with Gasteiger partial charge >= 0.3 is 0 Å². The minimum Gasteiger partial charge on any atom is -0.306 e. The molecule has 12 heavy (non-hydrogen) atoms. The van der Waals surface area contributed by atoms with Crippen LogP contribution in [0.1, 0.15) is 6.92 Å². The zero-order valence-electron chi connectivity index (χ0n) is 6.29. The molecule has 0 saturated heterocycles. The van der Waals surface area contributed by atoms with Crippen molar-refractivity contribution in [1.82, 2.24) is 0 Å². The second kappa shape index (κ2) is 5.08. The maximum absolute atomic E-state index is 10.8. The molecule has 0 aromatic rings. The van der Waals surface area contributed by atoms with Crippen molar-refractivity contribution in [2.75, 3.05) is 0 Å². The van der Waals surface area contributed by atoms with Crippen LogP contribution in [0.4, 0.5) is 0 Å². The van der Waals surface area contributed by atoms with Crippen LogP contribution >= 0.6 is 12.2 Å². The Morgan fingerprint density at radius 3 is 2.67 bits per heavy atom. The van der Waals surface area contributed by atoms with Gasteiger partial charge in [0.05, 0.1) is 5.16 Å². The number of amides is 1. The van der Waals surface area contributed by atoms with Gasteiger partial charge in [-0.2, -0.15) is 10.3 Å². The van der Waals surface area contributed by atoms with E-state index in [4.69, 9.17) is 10.7 Å². The number of carbonyl (C=O) groups is 1. The SMILES string of the molecule is CC(=N)/C=C(\C#N)C(=O)N=C=S. The minimum absolute atomic E-state index is 0.111. The third-order valence-corrected chi connectivity index (χ3v) is 0.950. The largest absolute Gasteiger partial charge is 0.306 e. The summed E-state index contributed by atoms with van der Waals surface area (Å²) in [6, 6.07) is 1.61. The zero-order valence-corrected chi connectivity index (χ0v) is 7.10. The summed E-state index contributed by atoms with van der Waals surface area (Å²) in [5, 5.41) is 17.3. The molecule has 0 saturated carbocycles. The van der Waals surface area contributed by atoms with E-state index in [2.05, 4.69) is 17.2 Å². The van der Waals surface area contributed by atoms with Crippen LogP contribution < -0.4 is 0 Å². The highest BCUT2D eigenvalue weighted by atomic mass is 32.1. The molecule has 0 aromatic heterocycles. The molecule has 0 aromatic carbocycles. The summed E-state index contributed by atoms with van der Waals surface area (Å²) in [4.78, 5) is 13.9. The summed E-state index contributed by atoms with van der Waals surface area (Å²) in [6.45, 7) is 1.45. The van der Waals surface area contributed by atoms with Gasteiger partial charge in [0.15, 0.2) is 0 Å². The standard InChI is InChI=1S/C7H5N3OS/c1-5(9)2-6(3-8)7(11)10-4-12/h2,9H,1H3/b6-2+,9-5?. The van der Waals surface area contributed by atoms with E-state index >= 15 is 0 Å². The Morgan fingerprint density at radius 1 is 1.75 bits per heavy atom. The fraction of sp³-hybridized carbons (Fsp3) is 0.143. The number of carbonyl (C=O) groups excluding carboxylic acids is 1. The maximum Gasteiger partial charge on any atom is 0.296 e. The summed E-state index contributed by atoms with van der Waals surface area (Å²) >= 11 is 4.18. The Balaban J connectivity index is 4.83. The number of nitriles is 1. The molecule has 0 aliphatic carbocycles. The van der Waals surface area contributed by atoms with Gasteiger partial charge in [-0.15, -0.1) is 0 Å². The molecular formula is C7H5N3OS. The molecule has 0 radical (unpaired) electrons. The molecule has 0 aliphatic rings. The van der Waals surface area contributed by atoms with Gasteiger partial charge in [0, 0.05) is 5.71 Å². The van der Waals surface area contributed by atoms with Gasteiger partial charge in [-0.3, -0.25) is 4.79 Å². The van der Waals surface area contributed by atoms with Crippen LogP contribution in [0.5, 0.6) is 0 Å². The van der Waals surface area contributed by atoms with Crippen molar-refractivity contribution in [2.45, 2.75) is 6.92 Å². The third-order valence-electron chi connectivity index (χ3n) is 0.859. The second-order valence-electron chi connectivity index (χ2n) is 1.86. The minimum atomic E-state index is -0.765. The number of isothiocyanates is 1. The number of rotatable bonds is 2. The van der Waals surface area contributed by atoms with Crippen LogP contribution in [0.3, 0.4) is 0 Å². The van der Waals surface area contributed by atoms with Gasteiger partial charge in [-0.1, -0.05) is 0 Å². The summed E-state index contributed by atoms with van der Waals surface area (Å²) < 4.78 is 0. The van der Waals surface area contributed by atoms with E-state index in [1.165, 1.54) is 6.92 Å². The molecule has 1 N–H and O–H groups in total. The molecule has 4 nitrogen and oxygen atoms in total. The molecular weight excluding hydrogens is 174 g/mol. The predicted octanol–water partition coefficient (Wildman–Crippen LogP) is 1.11. The normalized spacial score (nSPS) is 9.50. The van der Waals surface area contributed by atoms with E-state index in [1.807, 2.05) is 5.16 Å². The summed E-state index contributed by atoms with van der Waals surface area (Å²) in [7, 11) is 0. The van der Waals surface area contributed by atoms with Crippen LogP contribution in [-0.4, -0.2) is 16.8 Å². The van der Waals surface area contributed by atoms with Crippen LogP contribution in [0.15, 0.2) is 16.6 Å². The quantitative estimate of drug-likeness (QED) is 0.298. The molecule has 0 rings (SSSR count). The monoisotopic (exact) mass is 179 g/mol. The predicted molar refractivity (Wildman–Crippen MR) is 47.1 cm³/mol. The first-order valence-electron chi connectivity index (χ1n) is 2.91. The molecule has 0 atom stereocenters. The van der Waals surface area contributed by atoms with Crippen molar-refractivity contribution in [3.63, 3.8) is 0 Å². The molecule has 0 heterocycles. The fourth-order valence-electron chi connectivity index (χ4n) is 0.460. The van der Waals surface area contributed by atoms with Crippen molar-refractivity contribution < 1.29 is 4.79 Å². The molecule has 1 amide bonds. The molecule has 5 heteroatoms. The van der Waals surface area contributed by atoms with Crippen molar-refractivity contribution >= 4 is 29.0 Å². The Labute approximate surface area is 74.7 Å². The Morgan fingerprint density at radius 2 is 2.33 bits per heavy atom. The zero-order chi connectivity index (χ0) is 9.56. The first kappa shape index (κ1) is 10.4. The molecule has 0 aliphatic heterocycles. The van der Waals surface area contributed by atoms with Crippen LogP contribution in [-0.2, 0) is 4.79 Å². The van der Waals surface area contributed by atoms with Gasteiger partial charge in [0.2, 0.25) is 0 Å². The number of hydrogen-bond donors (Lipinski definition) is 1. The lowest BCUT2D eigenvalue weighted by Gasteiger charge is -1.87. The Bertz CT molecular complexity index is 331. The molecule has 0 bridgehead atoms. The van der Waals surface area contributed by atoms with E-state index in [-0.39, 0.29) is 11.3 Å². The highest BCUT2D eigenvalue weighted by Crippen LogP contribution is 1.95. The molecule has 0 fully saturated rings. The summed E-state index contributed by atoms with van der Waals surface area (Å²) in [6.07, 6.45) is 1.12. The van der Waals surface area contributed by atoms with E-state index < -0.39 is 5.91 Å². The van der Waals surface area contributed by atoms with Crippen LogP contribution in [0.2, 0.25) is 0 Å². The maximum atomic E-state index is 10.8. The van der Waals surface area contributed by atoms with Gasteiger partial charge < -0.3 is 5.41 Å². The second-order valence-corrected chi connectivity index (χ2v) is 2.04. The van der Waals surface area contributed by atoms with Crippen molar-refractivity contribution in [3.05, 3.63) is 11.6 Å². The molecule has 0 unspecified atom stereocenters. The highest BCUT2D eigenvalue weighted by molar-refractivity contribution is 7.78. The van der Waals surface area contributed by atoms with Gasteiger partial charge in [0.1, 0.15) is 11.6 Å². The first-order chi connectivity index (χ1) is 5.61. The van der Waals surface area contributed by atoms with Gasteiger partial charge in [-0.25, -0.2) is 0 Å². The number of nitrogens with zero attached hydrogens (tertiary/aromatic N) is 2. The van der Waals surface area contributed by atoms with E-state index in [1.54, 1.807) is 6.07 Å². The number of hydrogen-bond acceptors (Lipinski definition) is 4. The highest BCUT2D eigenvalue weighted by Gasteiger charge is 2.05. The summed E-state index contributed by atoms with van der Waals surface area (Å²) in [5.41, 5.74) is -0.0979. The van der Waals surface area contributed by atoms with Crippen molar-refractivity contribution in [2.24, 2.45) is 4.99 Å². The van der Waals surface area contributed by atoms with Crippen LogP contribution in [0, 0.1) is 16.7 Å². The Kier molecular flexibility index (Phi) is 4.39. The number of allylic oxidation sites excluding steroid dienone is 1. The Hall–Kier alpha value is -1.63. The lowest BCUT2D eigenvalue weighted by atomic mass is 10.2. The number of thiocarbonyl (C=S) groups is 1. The van der Waals surface area contributed by atoms with E-state index in [9.17, 15) is 4.79 Å². The molecule has 0 spiro atoms. The molecule has 60 valence electrons. The van der Waals surface area contributed by atoms with E-state index in [0.29, 0.717) is 0 Å². The first-order valence-corrected chi connectivity index (χ1v) is 3.31. The lowest BCUT2D eigenvalue weighted by Crippen LogP contribution is -1.98. The van der Waals surface area contributed by atoms with Crippen molar-refractivity contribution in [1.29, 1.82) is 10.7 Å². The van der Waals surface area contributed by atoms with Crippen molar-refractivity contribution in [3.8, 4) is 6.07 Å². The number of aliphatic imine (C=N–C) groups is 1. The number of nitrogens with one attached hydrogen (secondary N) is 1. The fourth-order valence-corrected chi connectivity index (χ4v) is 0.543. The smallest absolute Gasteiger partial charge is 0.296 e.